The van der Waals surface area contributed by atoms with E-state index < -0.39 is 0 Å². The first-order valence-electron chi connectivity index (χ1n) is 6.49. The summed E-state index contributed by atoms with van der Waals surface area (Å²) < 4.78 is 6.25. The van der Waals surface area contributed by atoms with Crippen molar-refractivity contribution in [1.82, 2.24) is 10.1 Å². The van der Waals surface area contributed by atoms with Gasteiger partial charge in [0.1, 0.15) is 5.75 Å². The van der Waals surface area contributed by atoms with Crippen LogP contribution in [-0.4, -0.2) is 15.2 Å². The third kappa shape index (κ3) is 3.13. The lowest BCUT2D eigenvalue weighted by Gasteiger charge is -2.00. The molecule has 106 valence electrons. The molecule has 0 atom stereocenters. The Balaban J connectivity index is 1.86. The fourth-order valence-electron chi connectivity index (χ4n) is 2.09. The average Bonchev–Trinajstić information content (AvgIpc) is 2.87. The van der Waals surface area contributed by atoms with Crippen molar-refractivity contribution in [3.63, 3.8) is 0 Å². The molecule has 0 amide bonds. The zero-order chi connectivity index (χ0) is 14.8. The Kier molecular flexibility index (Phi) is 3.75. The molecule has 1 N–H and O–H groups in total. The molecule has 0 radical (unpaired) electrons. The number of aromatic hydroxyl groups is 1. The molecule has 5 heteroatoms. The van der Waals surface area contributed by atoms with Crippen LogP contribution in [-0.2, 0) is 6.42 Å². The predicted octanol–water partition coefficient (Wildman–Crippen LogP) is 4.10. The molecule has 0 unspecified atom stereocenters. The number of rotatable bonds is 3. The number of nitrogens with zero attached hydrogens (tertiary/aromatic N) is 2. The molecule has 0 bridgehead atoms. The van der Waals surface area contributed by atoms with E-state index in [1.807, 2.05) is 37.3 Å². The molecule has 21 heavy (non-hydrogen) atoms. The third-order valence-corrected chi connectivity index (χ3v) is 3.60. The fraction of sp³-hybridized carbons (Fsp3) is 0.125. The highest BCUT2D eigenvalue weighted by atomic mass is 79.9. The Morgan fingerprint density at radius 2 is 2.05 bits per heavy atom. The summed E-state index contributed by atoms with van der Waals surface area (Å²) >= 11 is 3.44. The first-order chi connectivity index (χ1) is 10.1. The van der Waals surface area contributed by atoms with Crippen LogP contribution in [0.2, 0.25) is 0 Å². The van der Waals surface area contributed by atoms with Gasteiger partial charge in [-0.1, -0.05) is 39.3 Å². The second kappa shape index (κ2) is 5.69. The lowest BCUT2D eigenvalue weighted by atomic mass is 10.1. The first kappa shape index (κ1) is 13.8. The van der Waals surface area contributed by atoms with Gasteiger partial charge < -0.3 is 9.63 Å². The van der Waals surface area contributed by atoms with E-state index in [0.717, 1.165) is 15.6 Å². The molecule has 1 aromatic heterocycles. The van der Waals surface area contributed by atoms with E-state index in [0.29, 0.717) is 23.7 Å². The fourth-order valence-corrected chi connectivity index (χ4v) is 2.53. The Bertz CT molecular complexity index is 783. The quantitative estimate of drug-likeness (QED) is 0.776. The number of halogens is 1. The van der Waals surface area contributed by atoms with E-state index in [2.05, 4.69) is 26.1 Å². The molecule has 0 saturated carbocycles. The lowest BCUT2D eigenvalue weighted by molar-refractivity contribution is 0.418. The van der Waals surface area contributed by atoms with Crippen molar-refractivity contribution in [2.24, 2.45) is 0 Å². The second-order valence-corrected chi connectivity index (χ2v) is 5.76. The lowest BCUT2D eigenvalue weighted by Crippen LogP contribution is -1.90. The summed E-state index contributed by atoms with van der Waals surface area (Å²) in [5.74, 6) is 1.06. The maximum atomic E-state index is 9.95. The number of hydrogen-bond donors (Lipinski definition) is 1. The van der Waals surface area contributed by atoms with Crippen molar-refractivity contribution in [2.75, 3.05) is 0 Å². The van der Waals surface area contributed by atoms with Crippen LogP contribution in [0.1, 0.15) is 17.0 Å². The van der Waals surface area contributed by atoms with Crippen LogP contribution in [0.3, 0.4) is 0 Å². The zero-order valence-corrected chi connectivity index (χ0v) is 13.0. The molecule has 0 spiro atoms. The minimum absolute atomic E-state index is 0.146. The summed E-state index contributed by atoms with van der Waals surface area (Å²) in [6.07, 6.45) is 0.579. The van der Waals surface area contributed by atoms with Gasteiger partial charge in [0.15, 0.2) is 5.82 Å². The Hall–Kier alpha value is -2.14. The van der Waals surface area contributed by atoms with Gasteiger partial charge in [0.05, 0.1) is 5.56 Å². The van der Waals surface area contributed by atoms with Gasteiger partial charge in [-0.3, -0.25) is 0 Å². The van der Waals surface area contributed by atoms with Crippen LogP contribution < -0.4 is 0 Å². The topological polar surface area (TPSA) is 59.2 Å². The largest absolute Gasteiger partial charge is 0.507 e. The second-order valence-electron chi connectivity index (χ2n) is 4.84. The Morgan fingerprint density at radius 3 is 2.81 bits per heavy atom. The summed E-state index contributed by atoms with van der Waals surface area (Å²) in [4.78, 5) is 4.34. The molecule has 4 nitrogen and oxygen atoms in total. The minimum Gasteiger partial charge on any atom is -0.507 e. The van der Waals surface area contributed by atoms with Gasteiger partial charge in [0.2, 0.25) is 0 Å². The van der Waals surface area contributed by atoms with Gasteiger partial charge in [0.25, 0.3) is 5.89 Å². The van der Waals surface area contributed by atoms with Gasteiger partial charge in [-0.05, 0) is 42.3 Å². The van der Waals surface area contributed by atoms with E-state index in [1.54, 1.807) is 12.1 Å². The van der Waals surface area contributed by atoms with Crippen LogP contribution in [0.4, 0.5) is 0 Å². The minimum atomic E-state index is 0.146. The number of aryl methyl sites for hydroxylation is 1. The van der Waals surface area contributed by atoms with Gasteiger partial charge >= 0.3 is 0 Å². The highest BCUT2D eigenvalue weighted by Gasteiger charge is 2.13. The van der Waals surface area contributed by atoms with Gasteiger partial charge in [-0.15, -0.1) is 0 Å². The number of hydrogen-bond acceptors (Lipinski definition) is 4. The molecule has 0 aliphatic carbocycles. The molecule has 1 heterocycles. The smallest absolute Gasteiger partial charge is 0.261 e. The molecule has 0 aliphatic heterocycles. The maximum Gasteiger partial charge on any atom is 0.261 e. The van der Waals surface area contributed by atoms with E-state index >= 15 is 0 Å². The monoisotopic (exact) mass is 344 g/mol. The van der Waals surface area contributed by atoms with Crippen LogP contribution in [0.15, 0.2) is 51.5 Å². The Morgan fingerprint density at radius 1 is 1.19 bits per heavy atom. The standard InChI is InChI=1S/C16H13BrN2O2/c1-10-5-6-13(14(20)7-10)16-18-15(19-21-16)9-11-3-2-4-12(17)8-11/h2-8,20H,9H2,1H3. The summed E-state index contributed by atoms with van der Waals surface area (Å²) in [7, 11) is 0. The summed E-state index contributed by atoms with van der Waals surface area (Å²) in [6, 6.07) is 13.3. The van der Waals surface area contributed by atoms with E-state index in [-0.39, 0.29) is 5.75 Å². The van der Waals surface area contributed by atoms with E-state index in [9.17, 15) is 5.11 Å². The molecule has 2 aromatic carbocycles. The highest BCUT2D eigenvalue weighted by molar-refractivity contribution is 9.10. The molecule has 3 aromatic rings. The molecular weight excluding hydrogens is 332 g/mol. The summed E-state index contributed by atoms with van der Waals surface area (Å²) in [5, 5.41) is 13.9. The molecule has 0 fully saturated rings. The van der Waals surface area contributed by atoms with Crippen molar-refractivity contribution < 1.29 is 9.63 Å². The molecular formula is C16H13BrN2O2. The molecule has 0 aliphatic rings. The van der Waals surface area contributed by atoms with Crippen molar-refractivity contribution in [3.05, 3.63) is 63.9 Å². The Labute approximate surface area is 130 Å². The maximum absolute atomic E-state index is 9.95. The SMILES string of the molecule is Cc1ccc(-c2nc(Cc3cccc(Br)c3)no2)c(O)c1. The average molecular weight is 345 g/mol. The van der Waals surface area contributed by atoms with Crippen LogP contribution in [0.25, 0.3) is 11.5 Å². The zero-order valence-electron chi connectivity index (χ0n) is 11.4. The number of aromatic nitrogens is 2. The van der Waals surface area contributed by atoms with Gasteiger partial charge in [0, 0.05) is 10.9 Å². The number of phenolic OH excluding ortho intramolecular Hbond substituents is 1. The van der Waals surface area contributed by atoms with Crippen molar-refractivity contribution in [1.29, 1.82) is 0 Å². The molecule has 3 rings (SSSR count). The van der Waals surface area contributed by atoms with Crippen LogP contribution in [0.5, 0.6) is 5.75 Å². The third-order valence-electron chi connectivity index (χ3n) is 3.10. The van der Waals surface area contributed by atoms with Crippen molar-refractivity contribution in [2.45, 2.75) is 13.3 Å². The van der Waals surface area contributed by atoms with Crippen molar-refractivity contribution in [3.8, 4) is 17.2 Å². The molecule has 0 saturated heterocycles. The summed E-state index contributed by atoms with van der Waals surface area (Å²) in [5.41, 5.74) is 2.61. The van der Waals surface area contributed by atoms with Crippen molar-refractivity contribution >= 4 is 15.9 Å². The normalized spacial score (nSPS) is 10.8. The van der Waals surface area contributed by atoms with E-state index in [1.165, 1.54) is 0 Å². The summed E-state index contributed by atoms with van der Waals surface area (Å²) in [6.45, 7) is 1.91. The van der Waals surface area contributed by atoms with E-state index in [4.69, 9.17) is 4.52 Å². The van der Waals surface area contributed by atoms with Crippen LogP contribution >= 0.6 is 15.9 Å². The predicted molar refractivity (Wildman–Crippen MR) is 83.1 cm³/mol. The number of phenols is 1. The van der Waals surface area contributed by atoms with Gasteiger partial charge in [-0.2, -0.15) is 4.98 Å². The highest BCUT2D eigenvalue weighted by Crippen LogP contribution is 2.28. The number of benzene rings is 2. The first-order valence-corrected chi connectivity index (χ1v) is 7.28. The van der Waals surface area contributed by atoms with Crippen LogP contribution in [0, 0.1) is 6.92 Å². The van der Waals surface area contributed by atoms with Gasteiger partial charge in [-0.25, -0.2) is 0 Å².